The van der Waals surface area contributed by atoms with Crippen LogP contribution in [0.2, 0.25) is 0 Å². The van der Waals surface area contributed by atoms with Crippen LogP contribution in [-0.4, -0.2) is 16.0 Å². The fourth-order valence-corrected chi connectivity index (χ4v) is 0.731. The van der Waals surface area contributed by atoms with Crippen molar-refractivity contribution in [2.24, 2.45) is 0 Å². The minimum Gasteiger partial charge on any atom is -0.297 e. The zero-order chi connectivity index (χ0) is 9.36. The van der Waals surface area contributed by atoms with Gasteiger partial charge in [0.25, 0.3) is 0 Å². The maximum Gasteiger partial charge on any atom is 0.217 e. The van der Waals surface area contributed by atoms with E-state index in [0.29, 0.717) is 0 Å². The molecule has 3 heteroatoms. The molecule has 0 spiro atoms. The van der Waals surface area contributed by atoms with Gasteiger partial charge in [-0.05, 0) is 24.3 Å². The number of carbonyl (C=O) groups excluding carboxylic acids is 1. The van der Waals surface area contributed by atoms with Gasteiger partial charge < -0.3 is 0 Å². The number of aromatic nitrogens is 2. The van der Waals surface area contributed by atoms with Crippen LogP contribution in [-0.2, 0) is 4.79 Å². The van der Waals surface area contributed by atoms with Crippen molar-refractivity contribution in [1.29, 1.82) is 0 Å². The highest BCUT2D eigenvalue weighted by Gasteiger charge is 1.75. The molecule has 0 aliphatic rings. The van der Waals surface area contributed by atoms with Crippen molar-refractivity contribution in [2.45, 2.75) is 0 Å². The van der Waals surface area contributed by atoms with Gasteiger partial charge in [-0.2, -0.15) is 0 Å². The van der Waals surface area contributed by atoms with Crippen LogP contribution in [0, 0.1) is 0 Å². The van der Waals surface area contributed by atoms with Crippen LogP contribution in [0.15, 0.2) is 55.1 Å². The number of carbonyl (C=O) groups is 1. The molecular formula is C10H10N2O. The zero-order valence-corrected chi connectivity index (χ0v) is 7.08. The molecule has 2 rings (SSSR count). The molecule has 2 aromatic rings. The SMILES string of the molecule is O=Cn1cccc1.c1ccncc1. The van der Waals surface area contributed by atoms with Gasteiger partial charge in [0.05, 0.1) is 0 Å². The molecule has 0 aliphatic heterocycles. The van der Waals surface area contributed by atoms with E-state index in [1.54, 1.807) is 36.9 Å². The Morgan fingerprint density at radius 3 is 1.77 bits per heavy atom. The van der Waals surface area contributed by atoms with E-state index in [9.17, 15) is 4.79 Å². The van der Waals surface area contributed by atoms with Crippen LogP contribution >= 0.6 is 0 Å². The lowest BCUT2D eigenvalue weighted by atomic mass is 10.5. The van der Waals surface area contributed by atoms with E-state index in [2.05, 4.69) is 4.98 Å². The first-order valence-electron chi connectivity index (χ1n) is 3.86. The summed E-state index contributed by atoms with van der Waals surface area (Å²) < 4.78 is 1.44. The van der Waals surface area contributed by atoms with Crippen molar-refractivity contribution >= 4 is 6.41 Å². The smallest absolute Gasteiger partial charge is 0.217 e. The third-order valence-corrected chi connectivity index (χ3v) is 1.32. The van der Waals surface area contributed by atoms with E-state index in [1.165, 1.54) is 4.57 Å². The maximum atomic E-state index is 9.83. The van der Waals surface area contributed by atoms with Crippen molar-refractivity contribution in [3.63, 3.8) is 0 Å². The second-order valence-corrected chi connectivity index (χ2v) is 2.26. The number of hydrogen-bond acceptors (Lipinski definition) is 2. The van der Waals surface area contributed by atoms with Gasteiger partial charge >= 0.3 is 0 Å². The van der Waals surface area contributed by atoms with Crippen LogP contribution in [0.3, 0.4) is 0 Å². The van der Waals surface area contributed by atoms with Crippen molar-refractivity contribution in [3.8, 4) is 0 Å². The Bertz CT molecular complexity index is 289. The fourth-order valence-electron chi connectivity index (χ4n) is 0.731. The van der Waals surface area contributed by atoms with E-state index >= 15 is 0 Å². The second-order valence-electron chi connectivity index (χ2n) is 2.26. The van der Waals surface area contributed by atoms with Gasteiger partial charge in [-0.1, -0.05) is 6.07 Å². The average Bonchev–Trinajstić information content (AvgIpc) is 2.74. The zero-order valence-electron chi connectivity index (χ0n) is 7.08. The van der Waals surface area contributed by atoms with E-state index in [-0.39, 0.29) is 0 Å². The van der Waals surface area contributed by atoms with E-state index in [0.717, 1.165) is 6.41 Å². The second kappa shape index (κ2) is 5.71. The topological polar surface area (TPSA) is 34.9 Å². The van der Waals surface area contributed by atoms with Crippen molar-refractivity contribution in [1.82, 2.24) is 9.55 Å². The summed E-state index contributed by atoms with van der Waals surface area (Å²) in [6.07, 6.45) is 7.62. The summed E-state index contributed by atoms with van der Waals surface area (Å²) in [5, 5.41) is 0. The number of rotatable bonds is 1. The standard InChI is InChI=1S/C5H5NO.C5H5N/c7-5-6-3-1-2-4-6;1-2-4-6-5-3-1/h1-5H;1-5H. The highest BCUT2D eigenvalue weighted by Crippen LogP contribution is 1.81. The average molecular weight is 174 g/mol. The van der Waals surface area contributed by atoms with Gasteiger partial charge in [0.15, 0.2) is 0 Å². The summed E-state index contributed by atoms with van der Waals surface area (Å²) in [7, 11) is 0. The van der Waals surface area contributed by atoms with E-state index < -0.39 is 0 Å². The predicted octanol–water partition coefficient (Wildman–Crippen LogP) is 1.61. The molecule has 0 unspecified atom stereocenters. The summed E-state index contributed by atoms with van der Waals surface area (Å²) in [6.45, 7) is 0. The molecule has 2 heterocycles. The lowest BCUT2D eigenvalue weighted by Crippen LogP contribution is -1.85. The Morgan fingerprint density at radius 1 is 0.923 bits per heavy atom. The van der Waals surface area contributed by atoms with Crippen LogP contribution in [0.5, 0.6) is 0 Å². The fraction of sp³-hybridized carbons (Fsp3) is 0. The van der Waals surface area contributed by atoms with Crippen LogP contribution in [0.1, 0.15) is 0 Å². The van der Waals surface area contributed by atoms with Crippen LogP contribution in [0.4, 0.5) is 0 Å². The molecule has 0 bridgehead atoms. The summed E-state index contributed by atoms with van der Waals surface area (Å²) in [5.41, 5.74) is 0. The van der Waals surface area contributed by atoms with Gasteiger partial charge in [0.1, 0.15) is 0 Å². The molecule has 0 fully saturated rings. The monoisotopic (exact) mass is 174 g/mol. The molecule has 0 N–H and O–H groups in total. The van der Waals surface area contributed by atoms with Gasteiger partial charge in [0, 0.05) is 24.8 Å². The molecule has 0 radical (unpaired) electrons. The van der Waals surface area contributed by atoms with Crippen molar-refractivity contribution < 1.29 is 4.79 Å². The highest BCUT2D eigenvalue weighted by atomic mass is 16.1. The normalized spacial score (nSPS) is 8.31. The Labute approximate surface area is 76.7 Å². The molecule has 13 heavy (non-hydrogen) atoms. The molecule has 66 valence electrons. The van der Waals surface area contributed by atoms with E-state index in [1.807, 2.05) is 18.2 Å². The number of pyridine rings is 1. The highest BCUT2D eigenvalue weighted by molar-refractivity contribution is 5.51. The molecule has 3 nitrogen and oxygen atoms in total. The Balaban J connectivity index is 0.000000132. The Morgan fingerprint density at radius 2 is 1.54 bits per heavy atom. The molecule has 0 aliphatic carbocycles. The number of nitrogens with zero attached hydrogens (tertiary/aromatic N) is 2. The summed E-state index contributed by atoms with van der Waals surface area (Å²) >= 11 is 0. The summed E-state index contributed by atoms with van der Waals surface area (Å²) in [6, 6.07) is 9.32. The quantitative estimate of drug-likeness (QED) is 0.615. The van der Waals surface area contributed by atoms with Crippen molar-refractivity contribution in [2.75, 3.05) is 0 Å². The minimum absolute atomic E-state index is 0.750. The molecular weight excluding hydrogens is 164 g/mol. The van der Waals surface area contributed by atoms with Gasteiger partial charge in [-0.15, -0.1) is 0 Å². The first-order valence-corrected chi connectivity index (χ1v) is 3.86. The summed E-state index contributed by atoms with van der Waals surface area (Å²) in [5.74, 6) is 0. The van der Waals surface area contributed by atoms with Gasteiger partial charge in [0.2, 0.25) is 6.41 Å². The lowest BCUT2D eigenvalue weighted by Gasteiger charge is -1.77. The lowest BCUT2D eigenvalue weighted by molar-refractivity contribution is 0.547. The van der Waals surface area contributed by atoms with Crippen LogP contribution < -0.4 is 0 Å². The maximum absolute atomic E-state index is 9.83. The number of hydrogen-bond donors (Lipinski definition) is 0. The molecule has 0 saturated carbocycles. The molecule has 0 saturated heterocycles. The van der Waals surface area contributed by atoms with Crippen LogP contribution in [0.25, 0.3) is 0 Å². The molecule has 0 aromatic carbocycles. The van der Waals surface area contributed by atoms with E-state index in [4.69, 9.17) is 0 Å². The molecule has 0 amide bonds. The Hall–Kier alpha value is -1.90. The predicted molar refractivity (Wildman–Crippen MR) is 50.8 cm³/mol. The third-order valence-electron chi connectivity index (χ3n) is 1.32. The largest absolute Gasteiger partial charge is 0.297 e. The first kappa shape index (κ1) is 9.19. The van der Waals surface area contributed by atoms with Gasteiger partial charge in [-0.25, -0.2) is 0 Å². The molecule has 0 atom stereocenters. The first-order chi connectivity index (χ1) is 6.43. The molecule has 2 aromatic heterocycles. The third kappa shape index (κ3) is 3.86. The Kier molecular flexibility index (Phi) is 4.04. The van der Waals surface area contributed by atoms with Gasteiger partial charge in [-0.3, -0.25) is 14.3 Å². The van der Waals surface area contributed by atoms with Crippen molar-refractivity contribution in [3.05, 3.63) is 55.1 Å². The summed E-state index contributed by atoms with van der Waals surface area (Å²) in [4.78, 5) is 13.6. The minimum atomic E-state index is 0.750.